The highest BCUT2D eigenvalue weighted by Gasteiger charge is 2.19. The van der Waals surface area contributed by atoms with Crippen LogP contribution in [0, 0.1) is 30.9 Å². The van der Waals surface area contributed by atoms with E-state index >= 15 is 0 Å². The largest absolute Gasteiger partial charge is 0.454 e. The Labute approximate surface area is 163 Å². The Morgan fingerprint density at radius 3 is 2.67 bits per heavy atom. The van der Waals surface area contributed by atoms with Crippen LogP contribution in [0.1, 0.15) is 33.3 Å². The summed E-state index contributed by atoms with van der Waals surface area (Å²) in [6, 6.07) is 7.82. The van der Waals surface area contributed by atoms with Gasteiger partial charge in [-0.1, -0.05) is 6.07 Å². The van der Waals surface area contributed by atoms with Crippen LogP contribution in [-0.4, -0.2) is 20.6 Å². The Kier molecular flexibility index (Phi) is 5.13. The van der Waals surface area contributed by atoms with Gasteiger partial charge in [0.1, 0.15) is 11.4 Å². The van der Waals surface area contributed by atoms with Crippen LogP contribution >= 0.6 is 15.9 Å². The SMILES string of the molecule is Cc1ccc(NC(=O)c2ccc(Cn3nc(C)c(Br)c3C)o2)c([N+](=O)[O-])c1. The summed E-state index contributed by atoms with van der Waals surface area (Å²) in [4.78, 5) is 23.1. The lowest BCUT2D eigenvalue weighted by molar-refractivity contribution is -0.384. The second-order valence-corrected chi connectivity index (χ2v) is 6.93. The second-order valence-electron chi connectivity index (χ2n) is 6.14. The van der Waals surface area contributed by atoms with Crippen LogP contribution in [0.25, 0.3) is 0 Å². The van der Waals surface area contributed by atoms with Gasteiger partial charge in [0, 0.05) is 6.07 Å². The van der Waals surface area contributed by atoms with E-state index < -0.39 is 10.8 Å². The Morgan fingerprint density at radius 1 is 1.30 bits per heavy atom. The van der Waals surface area contributed by atoms with Crippen molar-refractivity contribution in [3.63, 3.8) is 0 Å². The standard InChI is InChI=1S/C18H17BrN4O4/c1-10-4-6-14(15(8-10)23(25)26)20-18(24)16-7-5-13(27-16)9-22-12(3)17(19)11(2)21-22/h4-8H,9H2,1-3H3,(H,20,24). The van der Waals surface area contributed by atoms with Gasteiger partial charge in [0.2, 0.25) is 0 Å². The van der Waals surface area contributed by atoms with E-state index in [9.17, 15) is 14.9 Å². The molecule has 0 unspecified atom stereocenters. The van der Waals surface area contributed by atoms with Crippen molar-refractivity contribution in [1.82, 2.24) is 9.78 Å². The summed E-state index contributed by atoms with van der Waals surface area (Å²) in [5, 5.41) is 18.1. The number of aryl methyl sites for hydroxylation is 2. The smallest absolute Gasteiger partial charge is 0.293 e. The van der Waals surface area contributed by atoms with Gasteiger partial charge in [-0.15, -0.1) is 0 Å². The van der Waals surface area contributed by atoms with Crippen molar-refractivity contribution >= 4 is 33.2 Å². The number of nitro benzene ring substituents is 1. The molecule has 0 saturated carbocycles. The number of amides is 1. The van der Waals surface area contributed by atoms with E-state index in [0.29, 0.717) is 12.3 Å². The molecule has 27 heavy (non-hydrogen) atoms. The molecule has 0 aliphatic rings. The number of hydrogen-bond acceptors (Lipinski definition) is 5. The van der Waals surface area contributed by atoms with Crippen LogP contribution in [0.3, 0.4) is 0 Å². The van der Waals surface area contributed by atoms with E-state index in [2.05, 4.69) is 26.3 Å². The van der Waals surface area contributed by atoms with Gasteiger partial charge in [-0.3, -0.25) is 19.6 Å². The van der Waals surface area contributed by atoms with E-state index in [-0.39, 0.29) is 17.1 Å². The van der Waals surface area contributed by atoms with Crippen molar-refractivity contribution in [3.05, 3.63) is 73.4 Å². The number of halogens is 1. The quantitative estimate of drug-likeness (QED) is 0.475. The Bertz CT molecular complexity index is 1040. The van der Waals surface area contributed by atoms with Gasteiger partial charge in [-0.2, -0.15) is 5.10 Å². The molecule has 140 valence electrons. The molecule has 0 spiro atoms. The van der Waals surface area contributed by atoms with Crippen LogP contribution in [0.5, 0.6) is 0 Å². The van der Waals surface area contributed by atoms with Gasteiger partial charge in [0.25, 0.3) is 11.6 Å². The lowest BCUT2D eigenvalue weighted by Crippen LogP contribution is -2.12. The molecule has 3 rings (SSSR count). The van der Waals surface area contributed by atoms with E-state index in [1.807, 2.05) is 13.8 Å². The van der Waals surface area contributed by atoms with Gasteiger partial charge >= 0.3 is 0 Å². The minimum atomic E-state index is -0.553. The number of furan rings is 1. The second kappa shape index (κ2) is 7.36. The number of nitro groups is 1. The zero-order valence-electron chi connectivity index (χ0n) is 14.9. The number of aromatic nitrogens is 2. The number of nitrogens with zero attached hydrogens (tertiary/aromatic N) is 3. The first kappa shape index (κ1) is 18.8. The molecule has 3 aromatic rings. The van der Waals surface area contributed by atoms with Crippen molar-refractivity contribution in [1.29, 1.82) is 0 Å². The fourth-order valence-electron chi connectivity index (χ4n) is 2.64. The molecule has 0 atom stereocenters. The first-order chi connectivity index (χ1) is 12.8. The predicted octanol–water partition coefficient (Wildman–Crippen LogP) is 4.37. The maximum absolute atomic E-state index is 12.4. The molecule has 0 bridgehead atoms. The molecule has 8 nitrogen and oxygen atoms in total. The van der Waals surface area contributed by atoms with Crippen LogP contribution < -0.4 is 5.32 Å². The molecule has 2 aromatic heterocycles. The first-order valence-corrected chi connectivity index (χ1v) is 8.90. The maximum atomic E-state index is 12.4. The number of benzene rings is 1. The topological polar surface area (TPSA) is 103 Å². The monoisotopic (exact) mass is 432 g/mol. The van der Waals surface area contributed by atoms with Crippen molar-refractivity contribution in [2.75, 3.05) is 5.32 Å². The average molecular weight is 433 g/mol. The lowest BCUT2D eigenvalue weighted by Gasteiger charge is -2.05. The molecule has 0 radical (unpaired) electrons. The Balaban J connectivity index is 1.78. The number of rotatable bonds is 5. The Hall–Kier alpha value is -2.94. The minimum Gasteiger partial charge on any atom is -0.454 e. The van der Waals surface area contributed by atoms with Gasteiger partial charge < -0.3 is 9.73 Å². The molecular weight excluding hydrogens is 416 g/mol. The number of hydrogen-bond donors (Lipinski definition) is 1. The number of nitrogens with one attached hydrogen (secondary N) is 1. The first-order valence-electron chi connectivity index (χ1n) is 8.11. The van der Waals surface area contributed by atoms with Gasteiger partial charge in [0.05, 0.1) is 27.3 Å². The molecule has 9 heteroatoms. The Morgan fingerprint density at radius 2 is 2.04 bits per heavy atom. The lowest BCUT2D eigenvalue weighted by atomic mass is 10.2. The van der Waals surface area contributed by atoms with Crippen LogP contribution in [0.4, 0.5) is 11.4 Å². The predicted molar refractivity (Wildman–Crippen MR) is 103 cm³/mol. The summed E-state index contributed by atoms with van der Waals surface area (Å²) < 4.78 is 8.29. The van der Waals surface area contributed by atoms with E-state index in [1.165, 1.54) is 18.2 Å². The summed E-state index contributed by atoms with van der Waals surface area (Å²) in [5.41, 5.74) is 2.50. The summed E-state index contributed by atoms with van der Waals surface area (Å²) in [7, 11) is 0. The van der Waals surface area contributed by atoms with E-state index in [4.69, 9.17) is 4.42 Å². The van der Waals surface area contributed by atoms with Crippen molar-refractivity contribution in [2.24, 2.45) is 0 Å². The highest BCUT2D eigenvalue weighted by atomic mass is 79.9. The van der Waals surface area contributed by atoms with Crippen molar-refractivity contribution in [2.45, 2.75) is 27.3 Å². The van der Waals surface area contributed by atoms with E-state index in [1.54, 1.807) is 23.7 Å². The third-order valence-corrected chi connectivity index (χ3v) is 5.23. The van der Waals surface area contributed by atoms with Crippen LogP contribution in [0.2, 0.25) is 0 Å². The zero-order chi connectivity index (χ0) is 19.7. The summed E-state index contributed by atoms with van der Waals surface area (Å²) in [6.45, 7) is 5.94. The highest BCUT2D eigenvalue weighted by molar-refractivity contribution is 9.10. The van der Waals surface area contributed by atoms with E-state index in [0.717, 1.165) is 21.4 Å². The molecule has 2 heterocycles. The van der Waals surface area contributed by atoms with Crippen LogP contribution in [0.15, 0.2) is 39.2 Å². The molecule has 1 amide bonds. The van der Waals surface area contributed by atoms with Gasteiger partial charge in [-0.05, 0) is 60.5 Å². The number of carbonyl (C=O) groups excluding carboxylic acids is 1. The maximum Gasteiger partial charge on any atom is 0.293 e. The number of anilines is 1. The molecule has 0 fully saturated rings. The fraction of sp³-hybridized carbons (Fsp3) is 0.222. The summed E-state index contributed by atoms with van der Waals surface area (Å²) in [5.74, 6) is 0.0693. The molecule has 1 N–H and O–H groups in total. The van der Waals surface area contributed by atoms with Crippen molar-refractivity contribution in [3.8, 4) is 0 Å². The zero-order valence-corrected chi connectivity index (χ0v) is 16.5. The molecular formula is C18H17BrN4O4. The fourth-order valence-corrected chi connectivity index (χ4v) is 2.93. The number of carbonyl (C=O) groups is 1. The molecule has 1 aromatic carbocycles. The van der Waals surface area contributed by atoms with Gasteiger partial charge in [0.15, 0.2) is 5.76 Å². The highest BCUT2D eigenvalue weighted by Crippen LogP contribution is 2.26. The summed E-state index contributed by atoms with van der Waals surface area (Å²) >= 11 is 3.47. The molecule has 0 aliphatic heterocycles. The molecule has 0 saturated heterocycles. The third kappa shape index (κ3) is 3.92. The minimum absolute atomic E-state index is 0.0699. The summed E-state index contributed by atoms with van der Waals surface area (Å²) in [6.07, 6.45) is 0. The van der Waals surface area contributed by atoms with Crippen molar-refractivity contribution < 1.29 is 14.1 Å². The van der Waals surface area contributed by atoms with Gasteiger partial charge in [-0.25, -0.2) is 0 Å². The normalized spacial score (nSPS) is 10.8. The molecule has 0 aliphatic carbocycles. The third-order valence-electron chi connectivity index (χ3n) is 4.08. The average Bonchev–Trinajstić information content (AvgIpc) is 3.18. The van der Waals surface area contributed by atoms with Crippen LogP contribution in [-0.2, 0) is 6.54 Å².